The maximum Gasteiger partial charge on any atom is 0.274 e. The van der Waals surface area contributed by atoms with E-state index in [9.17, 15) is 4.79 Å². The van der Waals surface area contributed by atoms with Gasteiger partial charge in [-0.3, -0.25) is 4.79 Å². The van der Waals surface area contributed by atoms with Crippen molar-refractivity contribution >= 4 is 33.3 Å². The number of carbonyl (C=O) groups is 1. The Morgan fingerprint density at radius 1 is 0.800 bits per heavy atom. The van der Waals surface area contributed by atoms with Crippen molar-refractivity contribution in [3.8, 4) is 22.0 Å². The van der Waals surface area contributed by atoms with Crippen LogP contribution >= 0.6 is 11.3 Å². The van der Waals surface area contributed by atoms with Crippen LogP contribution in [-0.2, 0) is 0 Å². The number of anilines is 1. The maximum absolute atomic E-state index is 12.9. The van der Waals surface area contributed by atoms with E-state index in [0.717, 1.165) is 26.5 Å². The van der Waals surface area contributed by atoms with Gasteiger partial charge in [-0.1, -0.05) is 53.8 Å². The van der Waals surface area contributed by atoms with E-state index < -0.39 is 0 Å². The summed E-state index contributed by atoms with van der Waals surface area (Å²) >= 11 is 1.49. The first-order valence-corrected chi connectivity index (χ1v) is 10.1. The number of nitrogens with one attached hydrogen (secondary N) is 1. The van der Waals surface area contributed by atoms with Crippen LogP contribution in [0.1, 0.15) is 10.5 Å². The van der Waals surface area contributed by atoms with E-state index in [1.54, 1.807) is 18.5 Å². The summed E-state index contributed by atoms with van der Waals surface area (Å²) in [7, 11) is 0. The summed E-state index contributed by atoms with van der Waals surface area (Å²) in [6, 6.07) is 22.5. The third kappa shape index (κ3) is 3.54. The Bertz CT molecular complexity index is 1320. The monoisotopic (exact) mass is 409 g/mol. The summed E-state index contributed by atoms with van der Waals surface area (Å²) in [4.78, 5) is 31.5. The van der Waals surface area contributed by atoms with Crippen LogP contribution < -0.4 is 5.32 Å². The Balaban J connectivity index is 1.46. The van der Waals surface area contributed by atoms with Gasteiger partial charge in [0.1, 0.15) is 21.0 Å². The van der Waals surface area contributed by atoms with Crippen molar-refractivity contribution in [1.29, 1.82) is 0 Å². The van der Waals surface area contributed by atoms with Gasteiger partial charge in [-0.25, -0.2) is 19.9 Å². The average molecular weight is 409 g/mol. The van der Waals surface area contributed by atoms with E-state index in [0.29, 0.717) is 17.2 Å². The lowest BCUT2D eigenvalue weighted by Crippen LogP contribution is -2.15. The molecule has 0 unspecified atom stereocenters. The highest BCUT2D eigenvalue weighted by Crippen LogP contribution is 2.33. The van der Waals surface area contributed by atoms with Gasteiger partial charge in [-0.05, 0) is 30.3 Å². The van der Waals surface area contributed by atoms with Crippen LogP contribution in [0.25, 0.3) is 32.3 Å². The van der Waals surface area contributed by atoms with Gasteiger partial charge in [0, 0.05) is 23.5 Å². The molecule has 0 aliphatic carbocycles. The van der Waals surface area contributed by atoms with Crippen LogP contribution in [0.4, 0.5) is 5.69 Å². The normalized spacial score (nSPS) is 10.8. The molecule has 3 aromatic heterocycles. The van der Waals surface area contributed by atoms with Gasteiger partial charge in [0.15, 0.2) is 5.82 Å². The third-order valence-electron chi connectivity index (χ3n) is 4.49. The second-order valence-electron chi connectivity index (χ2n) is 6.48. The summed E-state index contributed by atoms with van der Waals surface area (Å²) in [5.74, 6) is 0.204. The molecule has 2 aromatic carbocycles. The van der Waals surface area contributed by atoms with Gasteiger partial charge in [0.2, 0.25) is 0 Å². The second kappa shape index (κ2) is 7.81. The molecule has 7 heteroatoms. The molecular weight excluding hydrogens is 394 g/mol. The number of para-hydroxylation sites is 1. The molecule has 0 atom stereocenters. The molecule has 0 aliphatic heterocycles. The van der Waals surface area contributed by atoms with Crippen molar-refractivity contribution < 1.29 is 4.79 Å². The molecule has 0 saturated heterocycles. The Morgan fingerprint density at radius 3 is 2.50 bits per heavy atom. The molecule has 6 nitrogen and oxygen atoms in total. The summed E-state index contributed by atoms with van der Waals surface area (Å²) < 4.78 is 0. The predicted octanol–water partition coefficient (Wildman–Crippen LogP) is 5.07. The zero-order valence-corrected chi connectivity index (χ0v) is 16.5. The molecule has 0 radical (unpaired) electrons. The molecule has 30 heavy (non-hydrogen) atoms. The van der Waals surface area contributed by atoms with Gasteiger partial charge in [0.05, 0.1) is 5.69 Å². The average Bonchev–Trinajstić information content (AvgIpc) is 3.24. The van der Waals surface area contributed by atoms with Crippen molar-refractivity contribution in [2.75, 3.05) is 5.32 Å². The quantitative estimate of drug-likeness (QED) is 0.448. The molecule has 1 N–H and O–H groups in total. The number of benzene rings is 2. The number of amides is 1. The summed E-state index contributed by atoms with van der Waals surface area (Å²) in [6.07, 6.45) is 3.34. The summed E-state index contributed by atoms with van der Waals surface area (Å²) in [5, 5.41) is 3.76. The fraction of sp³-hybridized carbons (Fsp3) is 0. The van der Waals surface area contributed by atoms with Crippen molar-refractivity contribution in [3.63, 3.8) is 0 Å². The summed E-state index contributed by atoms with van der Waals surface area (Å²) in [6.45, 7) is 0. The van der Waals surface area contributed by atoms with Crippen LogP contribution in [0, 0.1) is 0 Å². The fourth-order valence-corrected chi connectivity index (χ4v) is 4.01. The molecule has 0 fully saturated rings. The van der Waals surface area contributed by atoms with Gasteiger partial charge in [-0.15, -0.1) is 0 Å². The highest BCUT2D eigenvalue weighted by Gasteiger charge is 2.15. The number of aromatic nitrogens is 4. The number of pyridine rings is 1. The Labute approximate surface area is 176 Å². The lowest BCUT2D eigenvalue weighted by atomic mass is 10.1. The Kier molecular flexibility index (Phi) is 4.71. The SMILES string of the molecule is O=C(Nc1ccccc1-c1nc2cccnc2s1)c1ccnc(-c2ccccc2)n1. The highest BCUT2D eigenvalue weighted by molar-refractivity contribution is 7.21. The third-order valence-corrected chi connectivity index (χ3v) is 5.50. The number of hydrogen-bond acceptors (Lipinski definition) is 6. The molecule has 144 valence electrons. The molecule has 5 rings (SSSR count). The van der Waals surface area contributed by atoms with E-state index >= 15 is 0 Å². The van der Waals surface area contributed by atoms with Crippen molar-refractivity contribution in [1.82, 2.24) is 19.9 Å². The standard InChI is InChI=1S/C23H15N5OS/c29-21(18-12-14-24-20(26-18)15-7-2-1-3-8-15)27-17-10-5-4-9-16(17)22-28-19-11-6-13-25-23(19)30-22/h1-14H,(H,27,29). The number of nitrogens with zero attached hydrogens (tertiary/aromatic N) is 4. The molecular formula is C23H15N5OS. The Morgan fingerprint density at radius 2 is 1.63 bits per heavy atom. The van der Waals surface area contributed by atoms with Crippen LogP contribution in [0.2, 0.25) is 0 Å². The van der Waals surface area contributed by atoms with Crippen LogP contribution in [-0.4, -0.2) is 25.8 Å². The van der Waals surface area contributed by atoms with E-state index in [1.807, 2.05) is 66.7 Å². The fourth-order valence-electron chi connectivity index (χ4n) is 3.06. The number of fused-ring (bicyclic) bond motifs is 1. The van der Waals surface area contributed by atoms with Crippen molar-refractivity contribution in [3.05, 3.63) is 90.9 Å². The zero-order chi connectivity index (χ0) is 20.3. The van der Waals surface area contributed by atoms with Crippen LogP contribution in [0.3, 0.4) is 0 Å². The van der Waals surface area contributed by atoms with Crippen molar-refractivity contribution in [2.24, 2.45) is 0 Å². The number of hydrogen-bond donors (Lipinski definition) is 1. The minimum atomic E-state index is -0.304. The first kappa shape index (κ1) is 18.1. The molecule has 0 saturated carbocycles. The van der Waals surface area contributed by atoms with E-state index in [-0.39, 0.29) is 5.91 Å². The molecule has 1 amide bonds. The number of thiazole rings is 1. The topological polar surface area (TPSA) is 80.7 Å². The predicted molar refractivity (Wildman–Crippen MR) is 118 cm³/mol. The van der Waals surface area contributed by atoms with Crippen molar-refractivity contribution in [2.45, 2.75) is 0 Å². The summed E-state index contributed by atoms with van der Waals surface area (Å²) in [5.41, 5.74) is 3.49. The Hall–Kier alpha value is -3.97. The number of rotatable bonds is 4. The van der Waals surface area contributed by atoms with E-state index in [2.05, 4.69) is 25.3 Å². The molecule has 5 aromatic rings. The van der Waals surface area contributed by atoms with Gasteiger partial charge in [0.25, 0.3) is 5.91 Å². The minimum Gasteiger partial charge on any atom is -0.320 e. The first-order chi connectivity index (χ1) is 14.8. The highest BCUT2D eigenvalue weighted by atomic mass is 32.1. The lowest BCUT2D eigenvalue weighted by molar-refractivity contribution is 0.102. The van der Waals surface area contributed by atoms with Gasteiger partial charge in [-0.2, -0.15) is 0 Å². The molecule has 0 aliphatic rings. The zero-order valence-electron chi connectivity index (χ0n) is 15.7. The van der Waals surface area contributed by atoms with E-state index in [4.69, 9.17) is 0 Å². The van der Waals surface area contributed by atoms with Gasteiger partial charge < -0.3 is 5.32 Å². The van der Waals surface area contributed by atoms with Crippen LogP contribution in [0.5, 0.6) is 0 Å². The van der Waals surface area contributed by atoms with Gasteiger partial charge >= 0.3 is 0 Å². The lowest BCUT2D eigenvalue weighted by Gasteiger charge is -2.09. The second-order valence-corrected chi connectivity index (χ2v) is 7.46. The molecule has 0 spiro atoms. The minimum absolute atomic E-state index is 0.296. The largest absolute Gasteiger partial charge is 0.320 e. The van der Waals surface area contributed by atoms with E-state index in [1.165, 1.54) is 11.3 Å². The first-order valence-electron chi connectivity index (χ1n) is 9.29. The smallest absolute Gasteiger partial charge is 0.274 e. The van der Waals surface area contributed by atoms with Crippen LogP contribution in [0.15, 0.2) is 85.2 Å². The number of carbonyl (C=O) groups excluding carboxylic acids is 1. The molecule has 0 bridgehead atoms. The molecule has 3 heterocycles. The maximum atomic E-state index is 12.9.